The van der Waals surface area contributed by atoms with Gasteiger partial charge in [0.15, 0.2) is 11.6 Å². The van der Waals surface area contributed by atoms with Crippen LogP contribution in [0.2, 0.25) is 0 Å². The molecule has 0 radical (unpaired) electrons. The number of amides is 2. The van der Waals surface area contributed by atoms with Crippen molar-refractivity contribution >= 4 is 11.8 Å². The second-order valence-electron chi connectivity index (χ2n) is 5.70. The summed E-state index contributed by atoms with van der Waals surface area (Å²) in [5, 5.41) is 5.58. The van der Waals surface area contributed by atoms with Gasteiger partial charge in [-0.15, -0.1) is 6.58 Å². The number of carbonyl (C=O) groups is 1. The molecule has 1 aromatic rings. The van der Waals surface area contributed by atoms with E-state index < -0.39 is 0 Å². The zero-order valence-corrected chi connectivity index (χ0v) is 14.1. The Morgan fingerprint density at radius 1 is 1.54 bits per heavy atom. The molecule has 24 heavy (non-hydrogen) atoms. The van der Waals surface area contributed by atoms with Gasteiger partial charge in [0.05, 0.1) is 13.2 Å². The summed E-state index contributed by atoms with van der Waals surface area (Å²) < 4.78 is 19.5. The van der Waals surface area contributed by atoms with Gasteiger partial charge in [-0.05, 0) is 24.5 Å². The Labute approximate surface area is 142 Å². The van der Waals surface area contributed by atoms with Crippen molar-refractivity contribution in [2.75, 3.05) is 31.2 Å². The van der Waals surface area contributed by atoms with E-state index in [9.17, 15) is 9.18 Å². The van der Waals surface area contributed by atoms with Crippen molar-refractivity contribution in [3.63, 3.8) is 0 Å². The summed E-state index contributed by atoms with van der Waals surface area (Å²) in [6.45, 7) is 8.31. The van der Waals surface area contributed by atoms with Crippen LogP contribution in [-0.4, -0.2) is 43.4 Å². The maximum atomic E-state index is 14.2. The van der Waals surface area contributed by atoms with Crippen LogP contribution >= 0.6 is 0 Å². The Morgan fingerprint density at radius 3 is 2.92 bits per heavy atom. The molecule has 1 unspecified atom stereocenters. The molecule has 1 atom stereocenters. The molecule has 0 saturated carbocycles. The number of rotatable bonds is 7. The summed E-state index contributed by atoms with van der Waals surface area (Å²) in [6, 6.07) is 1.20. The van der Waals surface area contributed by atoms with Gasteiger partial charge in [-0.2, -0.15) is 0 Å². The molecule has 2 heterocycles. The largest absolute Gasteiger partial charge is 0.378 e. The Bertz CT molecular complexity index is 562. The van der Waals surface area contributed by atoms with Gasteiger partial charge in [-0.3, -0.25) is 0 Å². The van der Waals surface area contributed by atoms with Crippen molar-refractivity contribution in [2.45, 2.75) is 32.4 Å². The van der Waals surface area contributed by atoms with E-state index in [4.69, 9.17) is 4.74 Å². The summed E-state index contributed by atoms with van der Waals surface area (Å²) >= 11 is 0. The topological polar surface area (TPSA) is 66.5 Å². The maximum Gasteiger partial charge on any atom is 0.315 e. The molecule has 1 saturated heterocycles. The second kappa shape index (κ2) is 9.22. The Kier molecular flexibility index (Phi) is 6.99. The summed E-state index contributed by atoms with van der Waals surface area (Å²) in [5.41, 5.74) is 0.622. The molecular weight excluding hydrogens is 311 g/mol. The van der Waals surface area contributed by atoms with Gasteiger partial charge in [0.1, 0.15) is 0 Å². The van der Waals surface area contributed by atoms with E-state index in [2.05, 4.69) is 22.2 Å². The minimum atomic E-state index is -0.380. The number of nitrogens with one attached hydrogen (secondary N) is 2. The molecule has 0 bridgehead atoms. The molecule has 2 rings (SSSR count). The van der Waals surface area contributed by atoms with Crippen molar-refractivity contribution in [2.24, 2.45) is 0 Å². The first-order chi connectivity index (χ1) is 11.6. The lowest BCUT2D eigenvalue weighted by Gasteiger charge is -2.28. The van der Waals surface area contributed by atoms with E-state index in [0.717, 1.165) is 6.42 Å². The number of pyridine rings is 1. The molecule has 0 aromatic carbocycles. The van der Waals surface area contributed by atoms with Crippen LogP contribution in [0.5, 0.6) is 0 Å². The highest BCUT2D eigenvalue weighted by molar-refractivity contribution is 5.74. The van der Waals surface area contributed by atoms with Crippen molar-refractivity contribution in [3.05, 3.63) is 36.3 Å². The van der Waals surface area contributed by atoms with Gasteiger partial charge in [0.2, 0.25) is 0 Å². The van der Waals surface area contributed by atoms with Crippen molar-refractivity contribution in [1.82, 2.24) is 15.6 Å². The number of halogens is 1. The molecule has 7 heteroatoms. The first-order valence-electron chi connectivity index (χ1n) is 8.26. The molecule has 2 N–H and O–H groups in total. The third-order valence-electron chi connectivity index (χ3n) is 3.92. The van der Waals surface area contributed by atoms with Crippen LogP contribution in [-0.2, 0) is 11.3 Å². The van der Waals surface area contributed by atoms with E-state index in [1.165, 1.54) is 6.07 Å². The highest BCUT2D eigenvalue weighted by Crippen LogP contribution is 2.18. The Balaban J connectivity index is 1.87. The minimum Gasteiger partial charge on any atom is -0.378 e. The molecule has 6 nitrogen and oxygen atoms in total. The van der Waals surface area contributed by atoms with E-state index in [0.29, 0.717) is 44.1 Å². The zero-order valence-electron chi connectivity index (χ0n) is 14.1. The lowest BCUT2D eigenvalue weighted by atomic mass is 10.1. The van der Waals surface area contributed by atoms with Crippen molar-refractivity contribution < 1.29 is 13.9 Å². The third-order valence-corrected chi connectivity index (χ3v) is 3.92. The lowest BCUT2D eigenvalue weighted by molar-refractivity contribution is 0.122. The first kappa shape index (κ1) is 18.2. The quantitative estimate of drug-likeness (QED) is 0.749. The fraction of sp³-hybridized carbons (Fsp3) is 0.529. The lowest BCUT2D eigenvalue weighted by Crippen LogP contribution is -2.41. The SMILES string of the molecule is C=CCC(CC)NC(=O)NCc1cnc(N2CCOCC2)c(F)c1. The second-order valence-corrected chi connectivity index (χ2v) is 5.70. The van der Waals surface area contributed by atoms with Crippen molar-refractivity contribution in [3.8, 4) is 0 Å². The molecule has 0 aliphatic carbocycles. The number of hydrogen-bond donors (Lipinski definition) is 2. The van der Waals surface area contributed by atoms with Crippen LogP contribution < -0.4 is 15.5 Å². The number of nitrogens with zero attached hydrogens (tertiary/aromatic N) is 2. The third kappa shape index (κ3) is 5.19. The fourth-order valence-electron chi connectivity index (χ4n) is 2.52. The van der Waals surface area contributed by atoms with Crippen LogP contribution in [0.15, 0.2) is 24.9 Å². The van der Waals surface area contributed by atoms with Crippen molar-refractivity contribution in [1.29, 1.82) is 0 Å². The molecule has 1 aromatic heterocycles. The molecule has 1 aliphatic rings. The summed E-state index contributed by atoms with van der Waals surface area (Å²) in [6.07, 6.45) is 4.91. The van der Waals surface area contributed by atoms with Crippen LogP contribution in [0.25, 0.3) is 0 Å². The van der Waals surface area contributed by atoms with Gasteiger partial charge in [-0.1, -0.05) is 13.0 Å². The average molecular weight is 336 g/mol. The summed E-state index contributed by atoms with van der Waals surface area (Å²) in [5.74, 6) is -0.0433. The Morgan fingerprint density at radius 2 is 2.29 bits per heavy atom. The number of morpholine rings is 1. The zero-order chi connectivity index (χ0) is 17.4. The van der Waals surface area contributed by atoms with Crippen LogP contribution in [0.1, 0.15) is 25.3 Å². The molecular formula is C17H25FN4O2. The number of anilines is 1. The van der Waals surface area contributed by atoms with Gasteiger partial charge >= 0.3 is 6.03 Å². The van der Waals surface area contributed by atoms with Gasteiger partial charge in [0.25, 0.3) is 0 Å². The van der Waals surface area contributed by atoms with E-state index in [1.807, 2.05) is 11.8 Å². The van der Waals surface area contributed by atoms with E-state index in [1.54, 1.807) is 12.3 Å². The first-order valence-corrected chi connectivity index (χ1v) is 8.26. The maximum absolute atomic E-state index is 14.2. The smallest absolute Gasteiger partial charge is 0.315 e. The predicted octanol–water partition coefficient (Wildman–Crippen LogP) is 2.21. The average Bonchev–Trinajstić information content (AvgIpc) is 2.60. The molecule has 1 fully saturated rings. The molecule has 132 valence electrons. The number of ether oxygens (including phenoxy) is 1. The van der Waals surface area contributed by atoms with Crippen LogP contribution in [0.4, 0.5) is 15.0 Å². The van der Waals surface area contributed by atoms with Crippen LogP contribution in [0.3, 0.4) is 0 Å². The van der Waals surface area contributed by atoms with Gasteiger partial charge in [0, 0.05) is 31.9 Å². The monoisotopic (exact) mass is 336 g/mol. The highest BCUT2D eigenvalue weighted by atomic mass is 19.1. The number of carbonyl (C=O) groups excluding carboxylic acids is 1. The van der Waals surface area contributed by atoms with Gasteiger partial charge < -0.3 is 20.3 Å². The normalized spacial score (nSPS) is 15.7. The number of hydrogen-bond acceptors (Lipinski definition) is 4. The Hall–Kier alpha value is -2.15. The minimum absolute atomic E-state index is 0.0565. The standard InChI is InChI=1S/C17H25FN4O2/c1-3-5-14(4-2)21-17(23)20-12-13-10-15(18)16(19-11-13)22-6-8-24-9-7-22/h3,10-11,14H,1,4-9,12H2,2H3,(H2,20,21,23). The van der Waals surface area contributed by atoms with E-state index in [-0.39, 0.29) is 24.4 Å². The number of urea groups is 1. The van der Waals surface area contributed by atoms with E-state index >= 15 is 0 Å². The van der Waals surface area contributed by atoms with Gasteiger partial charge in [-0.25, -0.2) is 14.2 Å². The molecule has 2 amide bonds. The predicted molar refractivity (Wildman–Crippen MR) is 91.5 cm³/mol. The summed E-state index contributed by atoms with van der Waals surface area (Å²) in [7, 11) is 0. The van der Waals surface area contributed by atoms with Crippen LogP contribution in [0, 0.1) is 5.82 Å². The summed E-state index contributed by atoms with van der Waals surface area (Å²) in [4.78, 5) is 17.9. The molecule has 0 spiro atoms. The fourth-order valence-corrected chi connectivity index (χ4v) is 2.52. The highest BCUT2D eigenvalue weighted by Gasteiger charge is 2.17. The molecule has 1 aliphatic heterocycles. The number of aromatic nitrogens is 1.